The smallest absolute Gasteiger partial charge is 0.329 e. The van der Waals surface area contributed by atoms with Crippen LogP contribution in [-0.4, -0.2) is 25.1 Å². The minimum atomic E-state index is -0.925. The van der Waals surface area contributed by atoms with E-state index in [1.165, 1.54) is 17.6 Å². The van der Waals surface area contributed by atoms with E-state index in [2.05, 4.69) is 21.9 Å². The van der Waals surface area contributed by atoms with E-state index >= 15 is 0 Å². The molecule has 2 amide bonds. The molecule has 0 radical (unpaired) electrons. The fourth-order valence-electron chi connectivity index (χ4n) is 3.79. The Morgan fingerprint density at radius 3 is 2.80 bits per heavy atom. The third-order valence-corrected chi connectivity index (χ3v) is 6.74. The Morgan fingerprint density at radius 1 is 1.14 bits per heavy atom. The van der Waals surface area contributed by atoms with Crippen LogP contribution in [0.1, 0.15) is 40.0 Å². The largest absolute Gasteiger partial charge is 0.497 e. The molecule has 0 atom stereocenters. The van der Waals surface area contributed by atoms with Crippen LogP contribution in [0, 0.1) is 11.3 Å². The molecule has 0 saturated heterocycles. The van der Waals surface area contributed by atoms with Crippen molar-refractivity contribution >= 4 is 34.4 Å². The number of rotatable bonds is 7. The predicted molar refractivity (Wildman–Crippen MR) is 134 cm³/mol. The van der Waals surface area contributed by atoms with Gasteiger partial charge in [-0.3, -0.25) is 9.59 Å². The molecule has 178 valence electrons. The number of benzene rings is 2. The van der Waals surface area contributed by atoms with Gasteiger partial charge < -0.3 is 14.8 Å². The second-order valence-corrected chi connectivity index (χ2v) is 8.96. The third kappa shape index (κ3) is 5.86. The zero-order chi connectivity index (χ0) is 24.6. The summed E-state index contributed by atoms with van der Waals surface area (Å²) in [5.74, 6) is -0.488. The Labute approximate surface area is 207 Å². The van der Waals surface area contributed by atoms with E-state index in [0.29, 0.717) is 28.5 Å². The Morgan fingerprint density at radius 2 is 1.97 bits per heavy atom. The van der Waals surface area contributed by atoms with Gasteiger partial charge in [-0.15, -0.1) is 11.3 Å². The van der Waals surface area contributed by atoms with E-state index in [0.717, 1.165) is 47.4 Å². The SMILES string of the molecule is COc1cccc(COc2ccccc2C=NNC(=O)C(=O)Nc2sc3c(c2C#N)CCCC3)c1. The lowest BCUT2D eigenvalue weighted by atomic mass is 9.96. The average molecular weight is 489 g/mol. The number of para-hydroxylation sites is 1. The van der Waals surface area contributed by atoms with Crippen LogP contribution in [0.3, 0.4) is 0 Å². The number of ether oxygens (including phenoxy) is 2. The molecule has 0 fully saturated rings. The van der Waals surface area contributed by atoms with E-state index in [9.17, 15) is 14.9 Å². The van der Waals surface area contributed by atoms with Gasteiger partial charge in [0, 0.05) is 10.4 Å². The molecule has 1 aliphatic rings. The molecule has 3 aromatic rings. The lowest BCUT2D eigenvalue weighted by Gasteiger charge is -2.10. The van der Waals surface area contributed by atoms with Crippen LogP contribution in [0.25, 0.3) is 0 Å². The first-order valence-corrected chi connectivity index (χ1v) is 11.9. The van der Waals surface area contributed by atoms with Crippen molar-refractivity contribution in [3.63, 3.8) is 0 Å². The second kappa shape index (κ2) is 11.3. The number of methoxy groups -OCH3 is 1. The first-order valence-electron chi connectivity index (χ1n) is 11.1. The quantitative estimate of drug-likeness (QED) is 0.294. The molecule has 35 heavy (non-hydrogen) atoms. The number of fused-ring (bicyclic) bond motifs is 1. The lowest BCUT2D eigenvalue weighted by molar-refractivity contribution is -0.136. The molecule has 2 aromatic carbocycles. The zero-order valence-corrected chi connectivity index (χ0v) is 20.0. The van der Waals surface area contributed by atoms with Gasteiger partial charge in [-0.05, 0) is 61.1 Å². The first-order chi connectivity index (χ1) is 17.1. The van der Waals surface area contributed by atoms with E-state index in [-0.39, 0.29) is 0 Å². The van der Waals surface area contributed by atoms with Crippen molar-refractivity contribution in [3.8, 4) is 17.6 Å². The van der Waals surface area contributed by atoms with Crippen LogP contribution in [0.4, 0.5) is 5.00 Å². The highest BCUT2D eigenvalue weighted by Gasteiger charge is 2.23. The van der Waals surface area contributed by atoms with Crippen molar-refractivity contribution in [1.29, 1.82) is 5.26 Å². The molecule has 4 rings (SSSR count). The molecular weight excluding hydrogens is 464 g/mol. The standard InChI is InChI=1S/C26H24N4O4S/c1-33-19-9-6-7-17(13-19)16-34-22-11-4-2-8-18(22)15-28-30-25(32)24(31)29-26-21(14-27)20-10-3-5-12-23(20)35-26/h2,4,6-9,11,13,15H,3,5,10,12,16H2,1H3,(H,29,31)(H,30,32). The van der Waals surface area contributed by atoms with Crippen molar-refractivity contribution in [2.75, 3.05) is 12.4 Å². The number of hydrogen-bond donors (Lipinski definition) is 2. The number of anilines is 1. The Bertz CT molecular complexity index is 1310. The molecule has 1 heterocycles. The minimum absolute atomic E-state index is 0.322. The maximum Gasteiger partial charge on any atom is 0.329 e. The van der Waals surface area contributed by atoms with Gasteiger partial charge in [-0.25, -0.2) is 5.43 Å². The van der Waals surface area contributed by atoms with Crippen LogP contribution >= 0.6 is 11.3 Å². The van der Waals surface area contributed by atoms with E-state index < -0.39 is 11.8 Å². The molecule has 8 nitrogen and oxygen atoms in total. The Balaban J connectivity index is 1.36. The van der Waals surface area contributed by atoms with Crippen molar-refractivity contribution < 1.29 is 19.1 Å². The van der Waals surface area contributed by atoms with Gasteiger partial charge in [0.05, 0.1) is 18.9 Å². The number of nitriles is 1. The fraction of sp³-hybridized carbons (Fsp3) is 0.231. The number of thiophene rings is 1. The summed E-state index contributed by atoms with van der Waals surface area (Å²) < 4.78 is 11.1. The summed E-state index contributed by atoms with van der Waals surface area (Å²) in [7, 11) is 1.61. The summed E-state index contributed by atoms with van der Waals surface area (Å²) in [5, 5.41) is 16.4. The highest BCUT2D eigenvalue weighted by atomic mass is 32.1. The molecule has 0 bridgehead atoms. The summed E-state index contributed by atoms with van der Waals surface area (Å²) in [4.78, 5) is 25.8. The number of hydrazone groups is 1. The van der Waals surface area contributed by atoms with Gasteiger partial charge in [0.2, 0.25) is 0 Å². The van der Waals surface area contributed by atoms with Crippen LogP contribution in [-0.2, 0) is 29.0 Å². The van der Waals surface area contributed by atoms with Gasteiger partial charge >= 0.3 is 11.8 Å². The number of nitrogens with one attached hydrogen (secondary N) is 2. The molecule has 0 spiro atoms. The molecule has 0 aliphatic heterocycles. The number of aryl methyl sites for hydroxylation is 1. The molecule has 9 heteroatoms. The van der Waals surface area contributed by atoms with Gasteiger partial charge in [0.1, 0.15) is 29.2 Å². The molecule has 0 unspecified atom stereocenters. The van der Waals surface area contributed by atoms with Crippen LogP contribution in [0.2, 0.25) is 0 Å². The van der Waals surface area contributed by atoms with Gasteiger partial charge in [0.15, 0.2) is 0 Å². The zero-order valence-electron chi connectivity index (χ0n) is 19.2. The normalized spacial score (nSPS) is 12.5. The predicted octanol–water partition coefficient (Wildman–Crippen LogP) is 4.17. The minimum Gasteiger partial charge on any atom is -0.497 e. The summed E-state index contributed by atoms with van der Waals surface area (Å²) in [6, 6.07) is 16.9. The molecular formula is C26H24N4O4S. The summed E-state index contributed by atoms with van der Waals surface area (Å²) in [6.45, 7) is 0.322. The number of carbonyl (C=O) groups excluding carboxylic acids is 2. The second-order valence-electron chi connectivity index (χ2n) is 7.86. The van der Waals surface area contributed by atoms with Crippen molar-refractivity contribution in [1.82, 2.24) is 5.43 Å². The maximum absolute atomic E-state index is 12.4. The van der Waals surface area contributed by atoms with Gasteiger partial charge in [0.25, 0.3) is 0 Å². The molecule has 2 N–H and O–H groups in total. The molecule has 0 saturated carbocycles. The van der Waals surface area contributed by atoms with E-state index in [1.54, 1.807) is 19.2 Å². The third-order valence-electron chi connectivity index (χ3n) is 5.53. The summed E-state index contributed by atoms with van der Waals surface area (Å²) in [6.07, 6.45) is 5.20. The van der Waals surface area contributed by atoms with Crippen LogP contribution in [0.5, 0.6) is 11.5 Å². The van der Waals surface area contributed by atoms with Crippen LogP contribution < -0.4 is 20.2 Å². The number of nitrogens with zero attached hydrogens (tertiary/aromatic N) is 2. The molecule has 1 aromatic heterocycles. The number of hydrogen-bond acceptors (Lipinski definition) is 7. The van der Waals surface area contributed by atoms with Gasteiger partial charge in [-0.1, -0.05) is 24.3 Å². The maximum atomic E-state index is 12.4. The van der Waals surface area contributed by atoms with E-state index in [1.807, 2.05) is 36.4 Å². The topological polar surface area (TPSA) is 113 Å². The highest BCUT2D eigenvalue weighted by molar-refractivity contribution is 7.16. The van der Waals surface area contributed by atoms with Crippen molar-refractivity contribution in [2.45, 2.75) is 32.3 Å². The monoisotopic (exact) mass is 488 g/mol. The van der Waals surface area contributed by atoms with Crippen molar-refractivity contribution in [2.24, 2.45) is 5.10 Å². The van der Waals surface area contributed by atoms with Crippen LogP contribution in [0.15, 0.2) is 53.6 Å². The number of amides is 2. The highest BCUT2D eigenvalue weighted by Crippen LogP contribution is 2.37. The van der Waals surface area contributed by atoms with E-state index in [4.69, 9.17) is 9.47 Å². The number of carbonyl (C=O) groups is 2. The Kier molecular flexibility index (Phi) is 7.75. The van der Waals surface area contributed by atoms with Gasteiger partial charge in [-0.2, -0.15) is 10.4 Å². The summed E-state index contributed by atoms with van der Waals surface area (Å²) in [5.41, 5.74) is 5.25. The van der Waals surface area contributed by atoms with Crippen molar-refractivity contribution in [3.05, 3.63) is 75.7 Å². The Hall–Kier alpha value is -4.16. The summed E-state index contributed by atoms with van der Waals surface area (Å²) >= 11 is 1.36. The fourth-order valence-corrected chi connectivity index (χ4v) is 5.02. The first kappa shape index (κ1) is 24.0. The lowest BCUT2D eigenvalue weighted by Crippen LogP contribution is -2.32. The average Bonchev–Trinajstić information content (AvgIpc) is 3.24. The molecule has 1 aliphatic carbocycles.